The summed E-state index contributed by atoms with van der Waals surface area (Å²) in [5.41, 5.74) is 2.98. The van der Waals surface area contributed by atoms with Crippen LogP contribution in [0.5, 0.6) is 0 Å². The van der Waals surface area contributed by atoms with Crippen LogP contribution in [0, 0.1) is 19.8 Å². The Morgan fingerprint density at radius 1 is 1.12 bits per heavy atom. The number of pyridine rings is 1. The third-order valence-electron chi connectivity index (χ3n) is 6.50. The molecule has 1 N–H and O–H groups in total. The molecular formula is C24H30N4O4S. The summed E-state index contributed by atoms with van der Waals surface area (Å²) in [6.07, 6.45) is 2.94. The Kier molecular flexibility index (Phi) is 6.18. The number of hydrogen-bond donors (Lipinski definition) is 1. The first-order valence-corrected chi connectivity index (χ1v) is 13.0. The summed E-state index contributed by atoms with van der Waals surface area (Å²) in [4.78, 5) is 34.0. The predicted molar refractivity (Wildman–Crippen MR) is 126 cm³/mol. The van der Waals surface area contributed by atoms with Crippen LogP contribution in [0.25, 0.3) is 0 Å². The molecule has 3 heterocycles. The fraction of sp³-hybridized carbons (Fsp3) is 0.458. The minimum atomic E-state index is -3.67. The van der Waals surface area contributed by atoms with Gasteiger partial charge in [0.05, 0.1) is 16.4 Å². The second-order valence-electron chi connectivity index (χ2n) is 9.16. The van der Waals surface area contributed by atoms with Gasteiger partial charge in [-0.25, -0.2) is 13.4 Å². The quantitative estimate of drug-likeness (QED) is 0.733. The van der Waals surface area contributed by atoms with Crippen LogP contribution in [0.2, 0.25) is 0 Å². The molecule has 4 rings (SSSR count). The molecule has 0 spiro atoms. The van der Waals surface area contributed by atoms with Crippen molar-refractivity contribution in [2.75, 3.05) is 43.9 Å². The number of aromatic nitrogens is 1. The first-order valence-electron chi connectivity index (χ1n) is 11.2. The zero-order valence-corrected chi connectivity index (χ0v) is 20.3. The molecule has 1 unspecified atom stereocenters. The van der Waals surface area contributed by atoms with E-state index in [0.717, 1.165) is 23.2 Å². The van der Waals surface area contributed by atoms with Crippen LogP contribution in [0.3, 0.4) is 0 Å². The van der Waals surface area contributed by atoms with E-state index in [0.29, 0.717) is 38.3 Å². The van der Waals surface area contributed by atoms with Gasteiger partial charge in [0.15, 0.2) is 9.84 Å². The number of sulfone groups is 1. The lowest BCUT2D eigenvalue weighted by atomic mass is 9.89. The summed E-state index contributed by atoms with van der Waals surface area (Å²) in [5, 5.41) is 2.82. The van der Waals surface area contributed by atoms with E-state index in [2.05, 4.69) is 21.3 Å². The molecule has 2 amide bonds. The van der Waals surface area contributed by atoms with Gasteiger partial charge >= 0.3 is 0 Å². The smallest absolute Gasteiger partial charge is 0.255 e. The van der Waals surface area contributed by atoms with Gasteiger partial charge in [0.1, 0.15) is 5.82 Å². The number of anilines is 1. The van der Waals surface area contributed by atoms with E-state index in [1.54, 1.807) is 17.0 Å². The third kappa shape index (κ3) is 4.59. The van der Waals surface area contributed by atoms with Crippen LogP contribution in [-0.4, -0.2) is 69.1 Å². The summed E-state index contributed by atoms with van der Waals surface area (Å²) in [6.45, 7) is 8.72. The van der Waals surface area contributed by atoms with Crippen LogP contribution in [0.4, 0.5) is 5.82 Å². The Bertz CT molecular complexity index is 1200. The molecule has 2 fully saturated rings. The lowest BCUT2D eigenvalue weighted by Gasteiger charge is -2.36. The fourth-order valence-corrected chi connectivity index (χ4v) is 5.68. The van der Waals surface area contributed by atoms with E-state index in [4.69, 9.17) is 0 Å². The summed E-state index contributed by atoms with van der Waals surface area (Å²) in [6, 6.07) is 6.87. The molecule has 1 aromatic carbocycles. The van der Waals surface area contributed by atoms with Gasteiger partial charge in [-0.3, -0.25) is 9.59 Å². The second kappa shape index (κ2) is 8.78. The highest BCUT2D eigenvalue weighted by Gasteiger charge is 2.34. The summed E-state index contributed by atoms with van der Waals surface area (Å²) in [7, 11) is -3.67. The van der Waals surface area contributed by atoms with Crippen LogP contribution in [-0.2, 0) is 14.6 Å². The average Bonchev–Trinajstić information content (AvgIpc) is 3.10. The molecule has 8 nitrogen and oxygen atoms in total. The molecule has 9 heteroatoms. The number of rotatable bonds is 4. The van der Waals surface area contributed by atoms with Crippen LogP contribution in [0.15, 0.2) is 35.4 Å². The Labute approximate surface area is 194 Å². The summed E-state index contributed by atoms with van der Waals surface area (Å²) < 4.78 is 25.2. The first-order chi connectivity index (χ1) is 15.6. The number of nitrogens with zero attached hydrogens (tertiary/aromatic N) is 3. The van der Waals surface area contributed by atoms with Gasteiger partial charge in [0.2, 0.25) is 5.91 Å². The number of amides is 2. The molecule has 0 radical (unpaired) electrons. The molecule has 0 bridgehead atoms. The molecule has 2 aromatic rings. The van der Waals surface area contributed by atoms with Gasteiger partial charge < -0.3 is 15.1 Å². The minimum Gasteiger partial charge on any atom is -0.355 e. The Balaban J connectivity index is 1.56. The zero-order chi connectivity index (χ0) is 23.9. The average molecular weight is 471 g/mol. The normalized spacial score (nSPS) is 21.3. The number of piperazine rings is 1. The second-order valence-corrected chi connectivity index (χ2v) is 11.1. The van der Waals surface area contributed by atoms with E-state index in [1.165, 1.54) is 6.07 Å². The first kappa shape index (κ1) is 23.2. The van der Waals surface area contributed by atoms with E-state index >= 15 is 0 Å². The Hall–Kier alpha value is -2.94. The van der Waals surface area contributed by atoms with Crippen molar-refractivity contribution in [3.05, 3.63) is 52.7 Å². The van der Waals surface area contributed by atoms with Gasteiger partial charge in [0, 0.05) is 45.2 Å². The topological polar surface area (TPSA) is 99.7 Å². The Morgan fingerprint density at radius 3 is 2.39 bits per heavy atom. The molecule has 0 aliphatic carbocycles. The highest BCUT2D eigenvalue weighted by Crippen LogP contribution is 2.32. The van der Waals surface area contributed by atoms with Crippen molar-refractivity contribution in [3.8, 4) is 0 Å². The third-order valence-corrected chi connectivity index (χ3v) is 7.63. The molecule has 2 aliphatic heterocycles. The molecular weight excluding hydrogens is 440 g/mol. The predicted octanol–water partition coefficient (Wildman–Crippen LogP) is 1.91. The summed E-state index contributed by atoms with van der Waals surface area (Å²) in [5.74, 6) is 0.135. The standard InChI is InChI=1S/C24H30N4O4S/c1-15-11-16(2)22(25-13-15)27-7-9-28(10-8-27)24(30)19-6-5-18(12-20(19)33(4,31)32)21-17(3)14-26-23(21)29/h5-6,11-13,17,21H,7-10,14H2,1-4H3,(H,26,29)/t17?,21-/m1/s1. The molecule has 2 aliphatic rings. The molecule has 2 atom stereocenters. The van der Waals surface area contributed by atoms with Crippen molar-refractivity contribution < 1.29 is 18.0 Å². The van der Waals surface area contributed by atoms with E-state index < -0.39 is 15.8 Å². The highest BCUT2D eigenvalue weighted by molar-refractivity contribution is 7.90. The van der Waals surface area contributed by atoms with Gasteiger partial charge in [-0.15, -0.1) is 0 Å². The maximum atomic E-state index is 13.3. The van der Waals surface area contributed by atoms with Crippen molar-refractivity contribution >= 4 is 27.5 Å². The lowest BCUT2D eigenvalue weighted by Crippen LogP contribution is -2.49. The molecule has 0 saturated carbocycles. The number of carbonyl (C=O) groups is 2. The summed E-state index contributed by atoms with van der Waals surface area (Å²) >= 11 is 0. The van der Waals surface area contributed by atoms with Gasteiger partial charge in [0.25, 0.3) is 5.91 Å². The van der Waals surface area contributed by atoms with Crippen molar-refractivity contribution in [1.29, 1.82) is 0 Å². The van der Waals surface area contributed by atoms with E-state index in [1.807, 2.05) is 27.0 Å². The largest absolute Gasteiger partial charge is 0.355 e. The van der Waals surface area contributed by atoms with Gasteiger partial charge in [-0.2, -0.15) is 0 Å². The van der Waals surface area contributed by atoms with Crippen molar-refractivity contribution in [2.24, 2.45) is 5.92 Å². The molecule has 33 heavy (non-hydrogen) atoms. The van der Waals surface area contributed by atoms with Crippen LogP contribution < -0.4 is 10.2 Å². The number of benzene rings is 1. The zero-order valence-electron chi connectivity index (χ0n) is 19.5. The monoisotopic (exact) mass is 470 g/mol. The van der Waals surface area contributed by atoms with E-state index in [-0.39, 0.29) is 28.2 Å². The molecule has 1 aromatic heterocycles. The van der Waals surface area contributed by atoms with Crippen LogP contribution >= 0.6 is 0 Å². The number of aryl methyl sites for hydroxylation is 2. The number of carbonyl (C=O) groups excluding carboxylic acids is 2. The Morgan fingerprint density at radius 2 is 1.82 bits per heavy atom. The van der Waals surface area contributed by atoms with Gasteiger partial charge in [-0.05, 0) is 48.6 Å². The van der Waals surface area contributed by atoms with E-state index in [9.17, 15) is 18.0 Å². The van der Waals surface area contributed by atoms with Gasteiger partial charge in [-0.1, -0.05) is 19.1 Å². The SMILES string of the molecule is Cc1cnc(N2CCN(C(=O)c3ccc([C@@H]4C(=O)NCC4C)cc3S(C)(=O)=O)CC2)c(C)c1. The minimum absolute atomic E-state index is 0.0182. The maximum Gasteiger partial charge on any atom is 0.255 e. The van der Waals surface area contributed by atoms with Crippen LogP contribution in [0.1, 0.15) is 39.9 Å². The number of nitrogens with one attached hydrogen (secondary N) is 1. The van der Waals surface area contributed by atoms with Crippen molar-refractivity contribution in [2.45, 2.75) is 31.6 Å². The van der Waals surface area contributed by atoms with Crippen molar-refractivity contribution in [1.82, 2.24) is 15.2 Å². The highest BCUT2D eigenvalue weighted by atomic mass is 32.2. The molecule has 176 valence electrons. The lowest BCUT2D eigenvalue weighted by molar-refractivity contribution is -0.120. The molecule has 2 saturated heterocycles. The fourth-order valence-electron chi connectivity index (χ4n) is 4.77. The maximum absolute atomic E-state index is 13.3. The number of hydrogen-bond acceptors (Lipinski definition) is 6. The van der Waals surface area contributed by atoms with Crippen molar-refractivity contribution in [3.63, 3.8) is 0 Å².